The quantitative estimate of drug-likeness (QED) is 0.924. The number of fused-ring (bicyclic) bond motifs is 1. The summed E-state index contributed by atoms with van der Waals surface area (Å²) in [4.78, 5) is 16.3. The van der Waals surface area contributed by atoms with Gasteiger partial charge in [0.2, 0.25) is 0 Å². The van der Waals surface area contributed by atoms with E-state index in [0.29, 0.717) is 31.0 Å². The van der Waals surface area contributed by atoms with Gasteiger partial charge in [0.1, 0.15) is 12.0 Å². The van der Waals surface area contributed by atoms with E-state index in [-0.39, 0.29) is 17.6 Å². The molecule has 3 heterocycles. The van der Waals surface area contributed by atoms with Crippen molar-refractivity contribution in [2.75, 3.05) is 11.9 Å². The Labute approximate surface area is 115 Å². The number of nitrogens with zero attached hydrogens (tertiary/aromatic N) is 2. The van der Waals surface area contributed by atoms with Gasteiger partial charge in [0, 0.05) is 6.42 Å². The number of rotatable bonds is 3. The topological polar surface area (TPSA) is 90.4 Å². The van der Waals surface area contributed by atoms with Crippen LogP contribution < -0.4 is 5.32 Å². The zero-order valence-corrected chi connectivity index (χ0v) is 11.3. The van der Waals surface area contributed by atoms with Crippen LogP contribution in [0.3, 0.4) is 0 Å². The summed E-state index contributed by atoms with van der Waals surface area (Å²) in [5.74, 6) is 0.534. The van der Waals surface area contributed by atoms with Crippen molar-refractivity contribution in [1.82, 2.24) is 10.1 Å². The molecule has 1 aliphatic rings. The van der Waals surface area contributed by atoms with Crippen molar-refractivity contribution in [2.24, 2.45) is 0 Å². The van der Waals surface area contributed by atoms with Crippen molar-refractivity contribution in [3.05, 3.63) is 29.0 Å². The maximum Gasteiger partial charge on any atom is 0.301 e. The van der Waals surface area contributed by atoms with E-state index < -0.39 is 5.91 Å². The highest BCUT2D eigenvalue weighted by molar-refractivity contribution is 6.02. The molecule has 7 heteroatoms. The molecule has 0 unspecified atom stereocenters. The van der Waals surface area contributed by atoms with Crippen molar-refractivity contribution >= 4 is 11.9 Å². The first-order valence-corrected chi connectivity index (χ1v) is 6.47. The zero-order valence-electron chi connectivity index (χ0n) is 11.3. The Bertz CT molecular complexity index is 629. The predicted octanol–water partition coefficient (Wildman–Crippen LogP) is 2.11. The van der Waals surface area contributed by atoms with Gasteiger partial charge in [-0.15, -0.1) is 0 Å². The lowest BCUT2D eigenvalue weighted by molar-refractivity contribution is 0.0974. The van der Waals surface area contributed by atoms with E-state index >= 15 is 0 Å². The average Bonchev–Trinajstić information content (AvgIpc) is 3.04. The molecule has 3 rings (SSSR count). The molecule has 0 saturated heterocycles. The van der Waals surface area contributed by atoms with Crippen LogP contribution in [0.15, 0.2) is 15.2 Å². The van der Waals surface area contributed by atoms with Crippen LogP contribution in [0.4, 0.5) is 6.01 Å². The lowest BCUT2D eigenvalue weighted by Gasteiger charge is -2.09. The molecule has 0 aromatic carbocycles. The van der Waals surface area contributed by atoms with E-state index in [0.717, 1.165) is 5.69 Å². The fourth-order valence-corrected chi connectivity index (χ4v) is 1.97. The third kappa shape index (κ3) is 2.32. The van der Waals surface area contributed by atoms with Crippen LogP contribution >= 0.6 is 0 Å². The second kappa shape index (κ2) is 5.09. The predicted molar refractivity (Wildman–Crippen MR) is 68.4 cm³/mol. The third-order valence-corrected chi connectivity index (χ3v) is 3.14. The lowest BCUT2D eigenvalue weighted by atomic mass is 10.1. The SMILES string of the molecule is CC(C)c1coc(NC(=O)c2noc3c2COCC3)n1. The van der Waals surface area contributed by atoms with Crippen molar-refractivity contribution in [3.63, 3.8) is 0 Å². The van der Waals surface area contributed by atoms with E-state index in [1.54, 1.807) is 0 Å². The Morgan fingerprint density at radius 3 is 3.05 bits per heavy atom. The van der Waals surface area contributed by atoms with E-state index in [9.17, 15) is 4.79 Å². The normalized spacial score (nSPS) is 14.3. The van der Waals surface area contributed by atoms with Crippen LogP contribution in [0.1, 0.15) is 47.3 Å². The number of carbonyl (C=O) groups is 1. The van der Waals surface area contributed by atoms with Crippen LogP contribution in [0.25, 0.3) is 0 Å². The summed E-state index contributed by atoms with van der Waals surface area (Å²) in [5, 5.41) is 6.37. The maximum absolute atomic E-state index is 12.1. The first kappa shape index (κ1) is 12.9. The summed E-state index contributed by atoms with van der Waals surface area (Å²) in [7, 11) is 0. The molecule has 0 fully saturated rings. The van der Waals surface area contributed by atoms with E-state index in [2.05, 4.69) is 15.5 Å². The average molecular weight is 277 g/mol. The largest absolute Gasteiger partial charge is 0.432 e. The zero-order chi connectivity index (χ0) is 14.1. The molecule has 0 atom stereocenters. The van der Waals surface area contributed by atoms with E-state index in [1.807, 2.05) is 13.8 Å². The van der Waals surface area contributed by atoms with Gasteiger partial charge in [-0.1, -0.05) is 19.0 Å². The fourth-order valence-electron chi connectivity index (χ4n) is 1.97. The summed E-state index contributed by atoms with van der Waals surface area (Å²) >= 11 is 0. The van der Waals surface area contributed by atoms with Crippen molar-refractivity contribution in [2.45, 2.75) is 32.8 Å². The monoisotopic (exact) mass is 277 g/mol. The summed E-state index contributed by atoms with van der Waals surface area (Å²) < 4.78 is 15.7. The molecule has 1 amide bonds. The summed E-state index contributed by atoms with van der Waals surface area (Å²) in [5.41, 5.74) is 1.71. The minimum absolute atomic E-state index is 0.159. The Hall–Kier alpha value is -2.15. The number of hydrogen-bond acceptors (Lipinski definition) is 6. The lowest BCUT2D eigenvalue weighted by Crippen LogP contribution is -2.17. The number of amides is 1. The molecule has 0 aliphatic carbocycles. The minimum Gasteiger partial charge on any atom is -0.432 e. The van der Waals surface area contributed by atoms with Crippen LogP contribution in [-0.4, -0.2) is 22.7 Å². The van der Waals surface area contributed by atoms with Gasteiger partial charge < -0.3 is 13.7 Å². The minimum atomic E-state index is -0.405. The van der Waals surface area contributed by atoms with Crippen LogP contribution in [-0.2, 0) is 17.8 Å². The molecular weight excluding hydrogens is 262 g/mol. The van der Waals surface area contributed by atoms with Crippen LogP contribution in [0, 0.1) is 0 Å². The maximum atomic E-state index is 12.1. The van der Waals surface area contributed by atoms with Crippen molar-refractivity contribution < 1.29 is 18.5 Å². The Morgan fingerprint density at radius 1 is 1.45 bits per heavy atom. The molecule has 20 heavy (non-hydrogen) atoms. The molecular formula is C13H15N3O4. The molecule has 7 nitrogen and oxygen atoms in total. The van der Waals surface area contributed by atoms with Gasteiger partial charge in [0.25, 0.3) is 5.91 Å². The molecule has 1 N–H and O–H groups in total. The van der Waals surface area contributed by atoms with Gasteiger partial charge >= 0.3 is 6.01 Å². The highest BCUT2D eigenvalue weighted by Gasteiger charge is 2.25. The summed E-state index contributed by atoms with van der Waals surface area (Å²) in [6.07, 6.45) is 2.16. The number of carbonyl (C=O) groups excluding carboxylic acids is 1. The fraction of sp³-hybridized carbons (Fsp3) is 0.462. The number of anilines is 1. The highest BCUT2D eigenvalue weighted by Crippen LogP contribution is 2.22. The van der Waals surface area contributed by atoms with Crippen LogP contribution in [0.2, 0.25) is 0 Å². The number of hydrogen-bond donors (Lipinski definition) is 1. The smallest absolute Gasteiger partial charge is 0.301 e. The van der Waals surface area contributed by atoms with Crippen molar-refractivity contribution in [3.8, 4) is 0 Å². The molecule has 0 saturated carbocycles. The van der Waals surface area contributed by atoms with Gasteiger partial charge in [-0.2, -0.15) is 4.98 Å². The summed E-state index contributed by atoms with van der Waals surface area (Å²) in [6.45, 7) is 4.91. The Morgan fingerprint density at radius 2 is 2.30 bits per heavy atom. The number of ether oxygens (including phenoxy) is 1. The first-order valence-electron chi connectivity index (χ1n) is 6.47. The van der Waals surface area contributed by atoms with Gasteiger partial charge in [0.05, 0.1) is 24.5 Å². The highest BCUT2D eigenvalue weighted by atomic mass is 16.5. The molecule has 0 spiro atoms. The molecule has 2 aromatic heterocycles. The van der Waals surface area contributed by atoms with Crippen LogP contribution in [0.5, 0.6) is 0 Å². The third-order valence-electron chi connectivity index (χ3n) is 3.14. The number of nitrogens with one attached hydrogen (secondary N) is 1. The van der Waals surface area contributed by atoms with Gasteiger partial charge in [-0.05, 0) is 5.92 Å². The summed E-state index contributed by atoms with van der Waals surface area (Å²) in [6, 6.07) is 0.159. The van der Waals surface area contributed by atoms with Gasteiger partial charge in [-0.25, -0.2) is 0 Å². The Balaban J connectivity index is 1.77. The van der Waals surface area contributed by atoms with Crippen molar-refractivity contribution in [1.29, 1.82) is 0 Å². The molecule has 1 aliphatic heterocycles. The Kier molecular flexibility index (Phi) is 3.27. The molecule has 0 bridgehead atoms. The molecule has 2 aromatic rings. The number of aromatic nitrogens is 2. The van der Waals surface area contributed by atoms with Gasteiger partial charge in [-0.3, -0.25) is 10.1 Å². The molecule has 106 valence electrons. The van der Waals surface area contributed by atoms with Gasteiger partial charge in [0.15, 0.2) is 5.69 Å². The van der Waals surface area contributed by atoms with E-state index in [4.69, 9.17) is 13.7 Å². The standard InChI is InChI=1S/C13H15N3O4/c1-7(2)9-6-19-13(14-9)15-12(17)11-8-5-18-4-3-10(8)20-16-11/h6-7H,3-5H2,1-2H3,(H,14,15,17). The number of oxazole rings is 1. The first-order chi connectivity index (χ1) is 9.65. The molecule has 0 radical (unpaired) electrons. The second-order valence-corrected chi connectivity index (χ2v) is 4.92. The van der Waals surface area contributed by atoms with E-state index in [1.165, 1.54) is 6.26 Å². The second-order valence-electron chi connectivity index (χ2n) is 4.92.